The molecule has 1 saturated heterocycles. The monoisotopic (exact) mass is 436 g/mol. The summed E-state index contributed by atoms with van der Waals surface area (Å²) in [5.41, 5.74) is -0.778. The van der Waals surface area contributed by atoms with E-state index in [9.17, 15) is 9.90 Å². The number of benzene rings is 2. The summed E-state index contributed by atoms with van der Waals surface area (Å²) < 4.78 is 81.6. The fourth-order valence-electron chi connectivity index (χ4n) is 3.24. The SMILES string of the molecule is [2H]C([2H])([2H])c1cccc(C([2H])([2H])[2H])c1NC(=O)CN1CCN(CC([2H])(O)C([2H])([2H])Oc2ccccc2OC)CC1. The van der Waals surface area contributed by atoms with Crippen LogP contribution in [-0.4, -0.2) is 79.8 Å². The second kappa shape index (κ2) is 11.1. The molecule has 0 aliphatic carbocycles. The molecule has 1 amide bonds. The van der Waals surface area contributed by atoms with Gasteiger partial charge in [-0.05, 0) is 37.0 Å². The van der Waals surface area contributed by atoms with Crippen molar-refractivity contribution in [2.75, 3.05) is 58.3 Å². The van der Waals surface area contributed by atoms with Crippen LogP contribution in [0, 0.1) is 13.7 Å². The summed E-state index contributed by atoms with van der Waals surface area (Å²) in [6, 6.07) is 10.2. The topological polar surface area (TPSA) is 74.3 Å². The fourth-order valence-corrected chi connectivity index (χ4v) is 3.24. The zero-order chi connectivity index (χ0) is 29.9. The first-order valence-electron chi connectivity index (χ1n) is 14.4. The van der Waals surface area contributed by atoms with Gasteiger partial charge in [-0.3, -0.25) is 14.6 Å². The molecule has 2 N–H and O–H groups in total. The Balaban J connectivity index is 1.60. The summed E-state index contributed by atoms with van der Waals surface area (Å²) in [6.45, 7) is -7.33. The lowest BCUT2D eigenvalue weighted by molar-refractivity contribution is -0.117. The van der Waals surface area contributed by atoms with E-state index < -0.39 is 32.2 Å². The fraction of sp³-hybridized carbons (Fsp3) is 0.458. The molecular formula is C24H33N3O4. The summed E-state index contributed by atoms with van der Waals surface area (Å²) >= 11 is 0. The average Bonchev–Trinajstić information content (AvgIpc) is 2.84. The number of hydrogen-bond donors (Lipinski definition) is 2. The molecule has 0 bridgehead atoms. The number of nitrogens with zero attached hydrogens (tertiary/aromatic N) is 2. The Hall–Kier alpha value is -2.61. The number of anilines is 1. The summed E-state index contributed by atoms with van der Waals surface area (Å²) in [6.07, 6.45) is -2.64. The third-order valence-corrected chi connectivity index (χ3v) is 4.88. The lowest BCUT2D eigenvalue weighted by Gasteiger charge is -2.35. The predicted molar refractivity (Wildman–Crippen MR) is 122 cm³/mol. The Labute approximate surface area is 197 Å². The van der Waals surface area contributed by atoms with Gasteiger partial charge in [-0.25, -0.2) is 0 Å². The number of carbonyl (C=O) groups is 1. The number of aryl methyl sites for hydroxylation is 2. The van der Waals surface area contributed by atoms with Crippen LogP contribution in [0.5, 0.6) is 11.5 Å². The van der Waals surface area contributed by atoms with Crippen molar-refractivity contribution in [2.24, 2.45) is 0 Å². The molecule has 1 aliphatic heterocycles. The maximum Gasteiger partial charge on any atom is 0.238 e. The minimum atomic E-state index is -2.78. The van der Waals surface area contributed by atoms with Gasteiger partial charge in [0, 0.05) is 46.6 Å². The lowest BCUT2D eigenvalue weighted by atomic mass is 10.1. The number of aliphatic hydroxyl groups is 1. The van der Waals surface area contributed by atoms with Crippen LogP contribution in [-0.2, 0) is 4.79 Å². The van der Waals surface area contributed by atoms with Crippen LogP contribution >= 0.6 is 0 Å². The van der Waals surface area contributed by atoms with Gasteiger partial charge < -0.3 is 19.9 Å². The summed E-state index contributed by atoms with van der Waals surface area (Å²) in [7, 11) is 1.39. The van der Waals surface area contributed by atoms with E-state index in [1.165, 1.54) is 31.4 Å². The number of piperazine rings is 1. The molecule has 31 heavy (non-hydrogen) atoms. The molecule has 7 heteroatoms. The molecule has 0 saturated carbocycles. The first-order valence-corrected chi connectivity index (χ1v) is 9.87. The Bertz CT molecular complexity index is 1150. The van der Waals surface area contributed by atoms with Gasteiger partial charge in [0.1, 0.15) is 12.6 Å². The number of para-hydroxylation sites is 3. The number of ether oxygens (including phenoxy) is 2. The van der Waals surface area contributed by atoms with Crippen molar-refractivity contribution in [3.8, 4) is 11.5 Å². The van der Waals surface area contributed by atoms with Crippen LogP contribution < -0.4 is 14.8 Å². The smallest absolute Gasteiger partial charge is 0.238 e. The van der Waals surface area contributed by atoms with E-state index in [4.69, 9.17) is 21.8 Å². The molecule has 2 aromatic rings. The van der Waals surface area contributed by atoms with Gasteiger partial charge >= 0.3 is 0 Å². The highest BCUT2D eigenvalue weighted by atomic mass is 16.5. The van der Waals surface area contributed by atoms with Gasteiger partial charge in [-0.2, -0.15) is 0 Å². The second-order valence-electron chi connectivity index (χ2n) is 7.13. The molecule has 0 spiro atoms. The molecule has 1 atom stereocenters. The molecule has 1 aliphatic rings. The van der Waals surface area contributed by atoms with E-state index in [-0.39, 0.29) is 41.4 Å². The molecule has 0 aromatic heterocycles. The third kappa shape index (κ3) is 6.69. The Morgan fingerprint density at radius 3 is 2.42 bits per heavy atom. The van der Waals surface area contributed by atoms with E-state index in [1.54, 1.807) is 28.0 Å². The minimum absolute atomic E-state index is 0.0400. The number of rotatable bonds is 9. The molecule has 168 valence electrons. The zero-order valence-electron chi connectivity index (χ0n) is 26.4. The average molecular weight is 437 g/mol. The van der Waals surface area contributed by atoms with Gasteiger partial charge in [-0.1, -0.05) is 30.3 Å². The summed E-state index contributed by atoms with van der Waals surface area (Å²) in [5.74, 6) is -0.297. The third-order valence-electron chi connectivity index (χ3n) is 4.88. The Morgan fingerprint density at radius 2 is 1.77 bits per heavy atom. The zero-order valence-corrected chi connectivity index (χ0v) is 17.4. The minimum Gasteiger partial charge on any atom is -0.493 e. The van der Waals surface area contributed by atoms with Gasteiger partial charge in [0.15, 0.2) is 11.5 Å². The number of carbonyl (C=O) groups excluding carboxylic acids is 1. The van der Waals surface area contributed by atoms with E-state index in [0.29, 0.717) is 26.2 Å². The van der Waals surface area contributed by atoms with E-state index in [0.717, 1.165) is 0 Å². The van der Waals surface area contributed by atoms with Crippen molar-refractivity contribution >= 4 is 11.6 Å². The highest BCUT2D eigenvalue weighted by molar-refractivity contribution is 5.93. The maximum atomic E-state index is 12.8. The van der Waals surface area contributed by atoms with Crippen molar-refractivity contribution in [2.45, 2.75) is 19.8 Å². The van der Waals surface area contributed by atoms with Gasteiger partial charge in [0.05, 0.1) is 17.8 Å². The first kappa shape index (κ1) is 13.7. The number of amides is 1. The molecule has 0 radical (unpaired) electrons. The van der Waals surface area contributed by atoms with Crippen LogP contribution in [0.1, 0.15) is 23.5 Å². The number of β-amino-alcohol motifs (C(OH)–C–C–N with tert-alkyl or cyclic N) is 1. The Morgan fingerprint density at radius 1 is 1.13 bits per heavy atom. The molecule has 2 aromatic carbocycles. The van der Waals surface area contributed by atoms with Crippen molar-refractivity contribution in [1.29, 1.82) is 0 Å². The van der Waals surface area contributed by atoms with Crippen LogP contribution in [0.15, 0.2) is 42.5 Å². The van der Waals surface area contributed by atoms with Crippen LogP contribution in [0.3, 0.4) is 0 Å². The molecule has 1 unspecified atom stereocenters. The number of nitrogens with one attached hydrogen (secondary N) is 1. The molecule has 1 fully saturated rings. The van der Waals surface area contributed by atoms with E-state index >= 15 is 0 Å². The number of methoxy groups -OCH3 is 1. The Kier molecular flexibility index (Phi) is 4.93. The molecule has 7 nitrogen and oxygen atoms in total. The summed E-state index contributed by atoms with van der Waals surface area (Å²) in [4.78, 5) is 16.2. The molecule has 1 heterocycles. The second-order valence-corrected chi connectivity index (χ2v) is 7.13. The first-order chi connectivity index (χ1) is 18.4. The lowest BCUT2D eigenvalue weighted by Crippen LogP contribution is -2.50. The quantitative estimate of drug-likeness (QED) is 0.628. The van der Waals surface area contributed by atoms with Gasteiger partial charge in [0.2, 0.25) is 5.91 Å². The van der Waals surface area contributed by atoms with E-state index in [2.05, 4.69) is 5.32 Å². The standard InChI is InChI=1S/C24H33N3O4/c1-18-7-6-8-19(2)24(18)25-23(29)16-27-13-11-26(12-14-27)15-20(28)17-31-22-10-5-4-9-21(22)30-3/h4-10,20,28H,11-17H2,1-3H3,(H,25,29)/i1D3,2D3,17D2,20D. The van der Waals surface area contributed by atoms with Crippen molar-refractivity contribution in [3.63, 3.8) is 0 Å². The van der Waals surface area contributed by atoms with Crippen molar-refractivity contribution in [3.05, 3.63) is 53.6 Å². The maximum absolute atomic E-state index is 12.8. The number of hydrogen-bond acceptors (Lipinski definition) is 6. The highest BCUT2D eigenvalue weighted by Gasteiger charge is 2.21. The van der Waals surface area contributed by atoms with Crippen LogP contribution in [0.2, 0.25) is 0 Å². The highest BCUT2D eigenvalue weighted by Crippen LogP contribution is 2.25. The van der Waals surface area contributed by atoms with Gasteiger partial charge in [0.25, 0.3) is 0 Å². The summed E-state index contributed by atoms with van der Waals surface area (Å²) in [5, 5.41) is 13.2. The van der Waals surface area contributed by atoms with Crippen LogP contribution in [0.25, 0.3) is 0 Å². The normalized spacial score (nSPS) is 22.6. The molecule has 3 rings (SSSR count). The van der Waals surface area contributed by atoms with E-state index in [1.807, 2.05) is 0 Å². The van der Waals surface area contributed by atoms with Crippen molar-refractivity contribution < 1.29 is 31.7 Å². The largest absolute Gasteiger partial charge is 0.493 e. The predicted octanol–water partition coefficient (Wildman–Crippen LogP) is 2.31. The van der Waals surface area contributed by atoms with Gasteiger partial charge in [-0.15, -0.1) is 0 Å². The van der Waals surface area contributed by atoms with Crippen LogP contribution in [0.4, 0.5) is 5.69 Å². The van der Waals surface area contributed by atoms with Crippen molar-refractivity contribution in [1.82, 2.24) is 9.80 Å². The molecular weight excluding hydrogens is 394 g/mol.